The molecule has 1 aliphatic rings. The third-order valence-electron chi connectivity index (χ3n) is 4.24. The summed E-state index contributed by atoms with van der Waals surface area (Å²) >= 11 is 0. The molecule has 3 N–H and O–H groups in total. The van der Waals surface area contributed by atoms with E-state index >= 15 is 0 Å². The van der Waals surface area contributed by atoms with Crippen molar-refractivity contribution in [2.24, 2.45) is 11.7 Å². The highest BCUT2D eigenvalue weighted by molar-refractivity contribution is 7.91. The van der Waals surface area contributed by atoms with Gasteiger partial charge in [-0.05, 0) is 32.6 Å². The predicted octanol–water partition coefficient (Wildman–Crippen LogP) is 1.86. The normalized spacial score (nSPS) is 21.5. The zero-order valence-electron chi connectivity index (χ0n) is 12.2. The van der Waals surface area contributed by atoms with Crippen LogP contribution in [0, 0.1) is 5.92 Å². The molecule has 0 heterocycles. The second-order valence-electron chi connectivity index (χ2n) is 6.18. The Balaban J connectivity index is 2.33. The number of rotatable bonds is 7. The fourth-order valence-electron chi connectivity index (χ4n) is 2.70. The van der Waals surface area contributed by atoms with E-state index in [9.17, 15) is 13.5 Å². The van der Waals surface area contributed by atoms with E-state index in [0.717, 1.165) is 6.42 Å². The van der Waals surface area contributed by atoms with E-state index < -0.39 is 15.9 Å². The lowest BCUT2D eigenvalue weighted by Gasteiger charge is -2.27. The minimum Gasteiger partial charge on any atom is -0.391 e. The standard InChI is InChI=1S/C14H29NO3S/c1-11(2)19(17,18)9-8-14(16)13(15)10-12-6-4-3-5-7-12/h11-14,16H,3-10,15H2,1-2H3/t13-,14-/m0/s1. The number of sulfone groups is 1. The topological polar surface area (TPSA) is 80.4 Å². The maximum Gasteiger partial charge on any atom is 0.152 e. The largest absolute Gasteiger partial charge is 0.391 e. The molecule has 0 bridgehead atoms. The molecular formula is C14H29NO3S. The smallest absolute Gasteiger partial charge is 0.152 e. The SMILES string of the molecule is CC(C)S(=O)(=O)CC[C@H](O)[C@@H](N)CC1CCCCC1. The molecule has 1 saturated carbocycles. The van der Waals surface area contributed by atoms with E-state index in [1.165, 1.54) is 32.1 Å². The van der Waals surface area contributed by atoms with Crippen LogP contribution in [0.3, 0.4) is 0 Å². The molecule has 0 amide bonds. The Hall–Kier alpha value is -0.130. The van der Waals surface area contributed by atoms with Crippen LogP contribution in [0.15, 0.2) is 0 Å². The van der Waals surface area contributed by atoms with E-state index in [4.69, 9.17) is 5.73 Å². The lowest BCUT2D eigenvalue weighted by molar-refractivity contribution is 0.123. The molecule has 1 aliphatic carbocycles. The van der Waals surface area contributed by atoms with Gasteiger partial charge in [-0.2, -0.15) is 0 Å². The number of hydrogen-bond donors (Lipinski definition) is 2. The van der Waals surface area contributed by atoms with E-state index in [1.54, 1.807) is 13.8 Å². The first-order chi connectivity index (χ1) is 8.83. The van der Waals surface area contributed by atoms with Gasteiger partial charge in [0.15, 0.2) is 9.84 Å². The molecule has 0 aliphatic heterocycles. The molecule has 0 radical (unpaired) electrons. The summed E-state index contributed by atoms with van der Waals surface area (Å²) in [6.07, 6.45) is 6.60. The van der Waals surface area contributed by atoms with Gasteiger partial charge in [-0.1, -0.05) is 32.1 Å². The first-order valence-electron chi connectivity index (χ1n) is 7.48. The zero-order chi connectivity index (χ0) is 14.5. The van der Waals surface area contributed by atoms with Crippen LogP contribution >= 0.6 is 0 Å². The average Bonchev–Trinajstić information content (AvgIpc) is 2.37. The van der Waals surface area contributed by atoms with Gasteiger partial charge in [-0.3, -0.25) is 0 Å². The van der Waals surface area contributed by atoms with Crippen LogP contribution in [0.25, 0.3) is 0 Å². The molecule has 0 aromatic heterocycles. The number of hydrogen-bond acceptors (Lipinski definition) is 4. The molecule has 0 aromatic carbocycles. The molecule has 19 heavy (non-hydrogen) atoms. The highest BCUT2D eigenvalue weighted by Gasteiger charge is 2.24. The average molecular weight is 291 g/mol. The molecule has 4 nitrogen and oxygen atoms in total. The van der Waals surface area contributed by atoms with Crippen molar-refractivity contribution in [3.63, 3.8) is 0 Å². The summed E-state index contributed by atoms with van der Waals surface area (Å²) < 4.78 is 23.4. The van der Waals surface area contributed by atoms with Crippen LogP contribution < -0.4 is 5.73 Å². The van der Waals surface area contributed by atoms with Gasteiger partial charge in [0.2, 0.25) is 0 Å². The monoisotopic (exact) mass is 291 g/mol. The zero-order valence-corrected chi connectivity index (χ0v) is 13.0. The molecule has 0 unspecified atom stereocenters. The van der Waals surface area contributed by atoms with Crippen LogP contribution in [0.2, 0.25) is 0 Å². The summed E-state index contributed by atoms with van der Waals surface area (Å²) in [7, 11) is -3.08. The van der Waals surface area contributed by atoms with Crippen molar-refractivity contribution in [1.82, 2.24) is 0 Å². The summed E-state index contributed by atoms with van der Waals surface area (Å²) in [6, 6.07) is -0.287. The second-order valence-corrected chi connectivity index (χ2v) is 8.85. The summed E-state index contributed by atoms with van der Waals surface area (Å²) in [5, 5.41) is 9.62. The molecule has 0 saturated heterocycles. The van der Waals surface area contributed by atoms with E-state index in [1.807, 2.05) is 0 Å². The third-order valence-corrected chi connectivity index (χ3v) is 6.48. The quantitative estimate of drug-likeness (QED) is 0.750. The Morgan fingerprint density at radius 1 is 1.21 bits per heavy atom. The van der Waals surface area contributed by atoms with Crippen LogP contribution in [0.1, 0.15) is 58.8 Å². The van der Waals surface area contributed by atoms with Gasteiger partial charge in [0.1, 0.15) is 0 Å². The molecule has 114 valence electrons. The van der Waals surface area contributed by atoms with Gasteiger partial charge in [-0.15, -0.1) is 0 Å². The third kappa shape index (κ3) is 5.79. The van der Waals surface area contributed by atoms with Crippen molar-refractivity contribution in [2.45, 2.75) is 76.2 Å². The molecule has 0 spiro atoms. The Labute approximate surface area is 117 Å². The van der Waals surface area contributed by atoms with Crippen molar-refractivity contribution in [1.29, 1.82) is 0 Å². The van der Waals surface area contributed by atoms with Crippen molar-refractivity contribution in [3.8, 4) is 0 Å². The van der Waals surface area contributed by atoms with Crippen LogP contribution in [-0.4, -0.2) is 36.7 Å². The van der Waals surface area contributed by atoms with Gasteiger partial charge in [0, 0.05) is 6.04 Å². The molecule has 2 atom stereocenters. The van der Waals surface area contributed by atoms with Crippen molar-refractivity contribution in [2.75, 3.05) is 5.75 Å². The second kappa shape index (κ2) is 7.60. The minimum absolute atomic E-state index is 0.0319. The Morgan fingerprint density at radius 3 is 2.32 bits per heavy atom. The fraction of sp³-hybridized carbons (Fsp3) is 1.00. The molecule has 5 heteroatoms. The highest BCUT2D eigenvalue weighted by atomic mass is 32.2. The van der Waals surface area contributed by atoms with E-state index in [0.29, 0.717) is 5.92 Å². The van der Waals surface area contributed by atoms with Crippen molar-refractivity contribution >= 4 is 9.84 Å². The van der Waals surface area contributed by atoms with Gasteiger partial charge >= 0.3 is 0 Å². The summed E-state index contributed by atoms with van der Waals surface area (Å²) in [5.41, 5.74) is 6.01. The molecule has 1 fully saturated rings. The fourth-order valence-corrected chi connectivity index (χ4v) is 3.74. The Bertz CT molecular complexity index is 348. The van der Waals surface area contributed by atoms with Crippen LogP contribution in [0.5, 0.6) is 0 Å². The van der Waals surface area contributed by atoms with Crippen molar-refractivity contribution in [3.05, 3.63) is 0 Å². The Kier molecular flexibility index (Phi) is 6.77. The predicted molar refractivity (Wildman–Crippen MR) is 78.7 cm³/mol. The lowest BCUT2D eigenvalue weighted by atomic mass is 9.84. The number of nitrogens with two attached hydrogens (primary N) is 1. The van der Waals surface area contributed by atoms with Gasteiger partial charge in [-0.25, -0.2) is 8.42 Å². The summed E-state index contributed by atoms with van der Waals surface area (Å²) in [4.78, 5) is 0. The number of aliphatic hydroxyl groups is 1. The summed E-state index contributed by atoms with van der Waals surface area (Å²) in [5.74, 6) is 0.643. The molecule has 1 rings (SSSR count). The van der Waals surface area contributed by atoms with Crippen molar-refractivity contribution < 1.29 is 13.5 Å². The van der Waals surface area contributed by atoms with Gasteiger partial charge in [0.05, 0.1) is 17.1 Å². The first kappa shape index (κ1) is 16.9. The van der Waals surface area contributed by atoms with E-state index in [-0.39, 0.29) is 23.5 Å². The molecule has 0 aromatic rings. The van der Waals surface area contributed by atoms with Crippen LogP contribution in [0.4, 0.5) is 0 Å². The Morgan fingerprint density at radius 2 is 1.79 bits per heavy atom. The first-order valence-corrected chi connectivity index (χ1v) is 9.19. The molecular weight excluding hydrogens is 262 g/mol. The highest BCUT2D eigenvalue weighted by Crippen LogP contribution is 2.27. The lowest BCUT2D eigenvalue weighted by Crippen LogP contribution is -2.38. The van der Waals surface area contributed by atoms with E-state index in [2.05, 4.69) is 0 Å². The van der Waals surface area contributed by atoms with Gasteiger partial charge in [0.25, 0.3) is 0 Å². The summed E-state index contributed by atoms with van der Waals surface area (Å²) in [6.45, 7) is 3.34. The van der Waals surface area contributed by atoms with Gasteiger partial charge < -0.3 is 10.8 Å². The minimum atomic E-state index is -3.08. The maximum absolute atomic E-state index is 11.7. The number of aliphatic hydroxyl groups excluding tert-OH is 1. The maximum atomic E-state index is 11.7. The van der Waals surface area contributed by atoms with Crippen LogP contribution in [-0.2, 0) is 9.84 Å².